The standard InChI is InChI=1S/C8H12N5O4P.2H3O4P/c9-7-6-8(11-3-10-7)13(4-12-6)1-2-17-5-18(14,15)16;2*1-5(2,3)4/h3-4H,1-2,5H2,(H2,9,10,11)(H2,14,15,16);2*(H3,1,2,3,4). The Morgan fingerprint density at radius 3 is 1.89 bits per heavy atom. The maximum absolute atomic E-state index is 10.6. The molecule has 20 heteroatoms. The third-order valence-corrected chi connectivity index (χ3v) is 2.68. The van der Waals surface area contributed by atoms with Gasteiger partial charge in [-0.2, -0.15) is 0 Å². The van der Waals surface area contributed by atoms with Gasteiger partial charge in [0.05, 0.1) is 12.9 Å². The molecule has 0 saturated carbocycles. The van der Waals surface area contributed by atoms with Crippen molar-refractivity contribution >= 4 is 40.2 Å². The minimum atomic E-state index is -4.64. The Balaban J connectivity index is 0.000000607. The van der Waals surface area contributed by atoms with Crippen LogP contribution in [0.25, 0.3) is 11.2 Å². The third kappa shape index (κ3) is 15.7. The zero-order valence-corrected chi connectivity index (χ0v) is 16.4. The number of nitrogens with zero attached hydrogens (tertiary/aromatic N) is 4. The van der Waals surface area contributed by atoms with E-state index in [0.717, 1.165) is 0 Å². The molecule has 0 bridgehead atoms. The molecule has 0 aliphatic carbocycles. The molecule has 0 radical (unpaired) electrons. The molecule has 0 saturated heterocycles. The first-order chi connectivity index (χ1) is 12.5. The minimum absolute atomic E-state index is 0.139. The van der Waals surface area contributed by atoms with Gasteiger partial charge in [0.2, 0.25) is 0 Å². The van der Waals surface area contributed by atoms with Crippen molar-refractivity contribution < 1.29 is 57.6 Å². The lowest BCUT2D eigenvalue weighted by Gasteiger charge is -2.06. The first-order valence-corrected chi connectivity index (χ1v) is 11.5. The highest BCUT2D eigenvalue weighted by Gasteiger charge is 2.13. The van der Waals surface area contributed by atoms with Gasteiger partial charge in [0.15, 0.2) is 11.5 Å². The van der Waals surface area contributed by atoms with E-state index in [2.05, 4.69) is 15.0 Å². The van der Waals surface area contributed by atoms with Crippen LogP contribution < -0.4 is 5.73 Å². The highest BCUT2D eigenvalue weighted by atomic mass is 31.2. The average molecular weight is 469 g/mol. The van der Waals surface area contributed by atoms with Gasteiger partial charge < -0.3 is 54.2 Å². The van der Waals surface area contributed by atoms with E-state index < -0.39 is 29.6 Å². The fraction of sp³-hybridized carbons (Fsp3) is 0.375. The summed E-state index contributed by atoms with van der Waals surface area (Å²) in [5.74, 6) is 0.287. The summed E-state index contributed by atoms with van der Waals surface area (Å²) in [7, 11) is -13.4. The van der Waals surface area contributed by atoms with Crippen LogP contribution in [0.5, 0.6) is 0 Å². The fourth-order valence-corrected chi connectivity index (χ4v) is 1.78. The number of phosphoric acid groups is 2. The summed E-state index contributed by atoms with van der Waals surface area (Å²) < 4.78 is 34.9. The van der Waals surface area contributed by atoms with Crippen molar-refractivity contribution in [1.29, 1.82) is 0 Å². The molecule has 0 aliphatic rings. The third-order valence-electron chi connectivity index (χ3n) is 2.17. The number of fused-ring (bicyclic) bond motifs is 1. The van der Waals surface area contributed by atoms with Gasteiger partial charge in [-0.05, 0) is 0 Å². The zero-order valence-electron chi connectivity index (χ0n) is 13.7. The van der Waals surface area contributed by atoms with Crippen LogP contribution in [-0.4, -0.2) is 71.6 Å². The summed E-state index contributed by atoms with van der Waals surface area (Å²) in [5, 5.41) is 0. The van der Waals surface area contributed by atoms with E-state index in [4.69, 9.17) is 58.7 Å². The van der Waals surface area contributed by atoms with Crippen LogP contribution in [0.1, 0.15) is 0 Å². The Kier molecular flexibility index (Phi) is 10.5. The quantitative estimate of drug-likeness (QED) is 0.164. The largest absolute Gasteiger partial charge is 0.466 e. The van der Waals surface area contributed by atoms with Crippen LogP contribution in [0, 0.1) is 0 Å². The Bertz CT molecular complexity index is 850. The smallest absolute Gasteiger partial charge is 0.382 e. The monoisotopic (exact) mass is 469 g/mol. The summed E-state index contributed by atoms with van der Waals surface area (Å²) in [6.07, 6.45) is 2.25. The lowest BCUT2D eigenvalue weighted by Crippen LogP contribution is -2.07. The summed E-state index contributed by atoms with van der Waals surface area (Å²) >= 11 is 0. The number of ether oxygens (including phenoxy) is 1. The first kappa shape index (κ1) is 26.7. The second kappa shape index (κ2) is 11.0. The molecule has 0 amide bonds. The van der Waals surface area contributed by atoms with Crippen LogP contribution in [0.3, 0.4) is 0 Å². The van der Waals surface area contributed by atoms with Crippen molar-refractivity contribution in [2.75, 3.05) is 18.7 Å². The topological polar surface area (TPSA) is 292 Å². The van der Waals surface area contributed by atoms with Crippen molar-refractivity contribution in [2.45, 2.75) is 6.54 Å². The van der Waals surface area contributed by atoms with E-state index >= 15 is 0 Å². The van der Waals surface area contributed by atoms with E-state index in [9.17, 15) is 4.57 Å². The van der Waals surface area contributed by atoms with Gasteiger partial charge >= 0.3 is 23.2 Å². The first-order valence-electron chi connectivity index (χ1n) is 6.57. The molecule has 0 aliphatic heterocycles. The molecule has 2 aromatic heterocycles. The van der Waals surface area contributed by atoms with Gasteiger partial charge in [0.25, 0.3) is 0 Å². The van der Waals surface area contributed by atoms with Gasteiger partial charge in [0, 0.05) is 6.54 Å². The van der Waals surface area contributed by atoms with E-state index in [1.54, 1.807) is 4.57 Å². The maximum atomic E-state index is 10.6. The molecule has 28 heavy (non-hydrogen) atoms. The van der Waals surface area contributed by atoms with Crippen molar-refractivity contribution in [1.82, 2.24) is 19.5 Å². The summed E-state index contributed by atoms with van der Waals surface area (Å²) in [6, 6.07) is 0. The van der Waals surface area contributed by atoms with E-state index in [0.29, 0.717) is 17.7 Å². The predicted molar refractivity (Wildman–Crippen MR) is 91.1 cm³/mol. The summed E-state index contributed by atoms with van der Waals surface area (Å²) in [5.41, 5.74) is 6.67. The molecule has 162 valence electrons. The molecule has 2 heterocycles. The molecule has 10 N–H and O–H groups in total. The lowest BCUT2D eigenvalue weighted by molar-refractivity contribution is 0.149. The molecule has 2 rings (SSSR count). The van der Waals surface area contributed by atoms with Gasteiger partial charge in [-0.3, -0.25) is 4.57 Å². The summed E-state index contributed by atoms with van der Waals surface area (Å²) in [4.78, 5) is 72.2. The molecule has 0 unspecified atom stereocenters. The van der Waals surface area contributed by atoms with E-state index in [-0.39, 0.29) is 12.4 Å². The molecule has 17 nitrogen and oxygen atoms in total. The minimum Gasteiger partial charge on any atom is -0.382 e. The Morgan fingerprint density at radius 1 is 0.929 bits per heavy atom. The van der Waals surface area contributed by atoms with Crippen molar-refractivity contribution in [2.24, 2.45) is 0 Å². The van der Waals surface area contributed by atoms with Crippen LogP contribution >= 0.6 is 23.2 Å². The number of imidazole rings is 1. The van der Waals surface area contributed by atoms with E-state index in [1.165, 1.54) is 12.7 Å². The van der Waals surface area contributed by atoms with Gasteiger partial charge in [-0.25, -0.2) is 24.1 Å². The number of aromatic nitrogens is 4. The number of nitrogen functional groups attached to an aromatic ring is 1. The average Bonchev–Trinajstić information content (AvgIpc) is 2.84. The van der Waals surface area contributed by atoms with Gasteiger partial charge in [-0.15, -0.1) is 0 Å². The molecule has 2 aromatic rings. The zero-order chi connectivity index (χ0) is 22.2. The van der Waals surface area contributed by atoms with Crippen LogP contribution in [0.15, 0.2) is 12.7 Å². The number of rotatable bonds is 5. The number of nitrogens with two attached hydrogens (primary N) is 1. The predicted octanol–water partition coefficient (Wildman–Crippen LogP) is -2.30. The molecule has 0 fully saturated rings. The molecule has 0 atom stereocenters. The van der Waals surface area contributed by atoms with Crippen molar-refractivity contribution in [3.8, 4) is 0 Å². The van der Waals surface area contributed by atoms with Crippen LogP contribution in [-0.2, 0) is 25.0 Å². The SMILES string of the molecule is Nc1ncnc2c1ncn2CCOCP(=O)(O)O.O=P(O)(O)O.O=P(O)(O)O. The fourth-order valence-electron chi connectivity index (χ4n) is 1.41. The van der Waals surface area contributed by atoms with Gasteiger partial charge in [-0.1, -0.05) is 0 Å². The van der Waals surface area contributed by atoms with Crippen molar-refractivity contribution in [3.63, 3.8) is 0 Å². The lowest BCUT2D eigenvalue weighted by atomic mass is 10.5. The van der Waals surface area contributed by atoms with Gasteiger partial charge in [0.1, 0.15) is 18.2 Å². The van der Waals surface area contributed by atoms with Crippen LogP contribution in [0.2, 0.25) is 0 Å². The maximum Gasteiger partial charge on any atom is 0.466 e. The van der Waals surface area contributed by atoms with Crippen molar-refractivity contribution in [3.05, 3.63) is 12.7 Å². The highest BCUT2D eigenvalue weighted by Crippen LogP contribution is 2.33. The second-order valence-electron chi connectivity index (χ2n) is 4.60. The molecule has 0 aromatic carbocycles. The Labute approximate surface area is 156 Å². The van der Waals surface area contributed by atoms with Crippen LogP contribution in [0.4, 0.5) is 5.82 Å². The number of hydrogen-bond donors (Lipinski definition) is 9. The van der Waals surface area contributed by atoms with E-state index in [1.807, 2.05) is 0 Å². The molecule has 0 spiro atoms. The summed E-state index contributed by atoms with van der Waals surface area (Å²) in [6.45, 7) is 0.507. The highest BCUT2D eigenvalue weighted by molar-refractivity contribution is 7.51. The number of anilines is 1. The normalized spacial score (nSPS) is 12.0. The Morgan fingerprint density at radius 2 is 1.43 bits per heavy atom. The Hall–Kier alpha value is -1.32. The number of hydrogen-bond acceptors (Lipinski definition) is 8. The molecular weight excluding hydrogens is 451 g/mol. The molecular formula is C8H18N5O12P3. The second-order valence-corrected chi connectivity index (χ2v) is 8.24.